The molecule has 0 aliphatic rings. The Morgan fingerprint density at radius 3 is 1.38 bits per heavy atom. The lowest BCUT2D eigenvalue weighted by Crippen LogP contribution is -2.62. The molecule has 98 valence electrons. The minimum absolute atomic E-state index is 2.18. The van der Waals surface area contributed by atoms with E-state index in [1.165, 1.54) is 0 Å². The van der Waals surface area contributed by atoms with Crippen LogP contribution in [0.4, 0.5) is 39.5 Å². The van der Waals surface area contributed by atoms with E-state index in [2.05, 4.69) is 0 Å². The number of rotatable bonds is 3. The molecule has 0 heterocycles. The minimum Gasteiger partial charge on any atom is -0.393 e. The van der Waals surface area contributed by atoms with Gasteiger partial charge in [0.1, 0.15) is 0 Å². The first-order valence-electron chi connectivity index (χ1n) is 3.41. The second-order valence-corrected chi connectivity index (χ2v) is 2.51. The first-order valence-corrected chi connectivity index (χ1v) is 3.41. The summed E-state index contributed by atoms with van der Waals surface area (Å²) in [6.45, 7) is -2.18. The van der Waals surface area contributed by atoms with Gasteiger partial charge in [0, 0.05) is 0 Å². The van der Waals surface area contributed by atoms with Gasteiger partial charge in [-0.25, -0.2) is 4.39 Å². The van der Waals surface area contributed by atoms with E-state index in [-0.39, 0.29) is 0 Å². The van der Waals surface area contributed by atoms with Gasteiger partial charge in [-0.15, -0.1) is 0 Å². The molecule has 0 spiro atoms. The molecule has 0 aromatic heterocycles. The molecule has 0 rings (SSSR count). The average molecular weight is 265 g/mol. The molecule has 0 aromatic carbocycles. The van der Waals surface area contributed by atoms with Crippen LogP contribution >= 0.6 is 0 Å². The van der Waals surface area contributed by atoms with Crippen LogP contribution in [0.3, 0.4) is 0 Å². The maximum absolute atomic E-state index is 12.4. The maximum Gasteiger partial charge on any atom is 0.472 e. The number of aliphatic hydroxyl groups excluding tert-OH is 1. The Bertz CT molecular complexity index is 219. The number of hydrogen-bond acceptors (Lipinski definition) is 2. The molecule has 2 nitrogen and oxygen atoms in total. The molecule has 0 aliphatic carbocycles. The molecule has 0 radical (unpaired) electrons. The summed E-state index contributed by atoms with van der Waals surface area (Å²) in [4.78, 5) is -3.20. The van der Waals surface area contributed by atoms with E-state index < -0.39 is 36.3 Å². The van der Waals surface area contributed by atoms with E-state index in [1.807, 2.05) is 0 Å². The Balaban J connectivity index is 5.37. The van der Waals surface area contributed by atoms with Crippen LogP contribution in [0.1, 0.15) is 0 Å². The summed E-state index contributed by atoms with van der Waals surface area (Å²) in [5.74, 6) is 0. The van der Waals surface area contributed by atoms with Crippen LogP contribution in [0.5, 0.6) is 0 Å². The zero-order valence-electron chi connectivity index (χ0n) is 7.08. The predicted molar refractivity (Wildman–Crippen MR) is 30.9 cm³/mol. The SMILES string of the molecule is OCC(F)C(F)(F)N(C(F)(F)F)C(F)(F)F. The van der Waals surface area contributed by atoms with Gasteiger partial charge in [0.25, 0.3) is 0 Å². The van der Waals surface area contributed by atoms with Gasteiger partial charge in [-0.05, 0) is 0 Å². The lowest BCUT2D eigenvalue weighted by molar-refractivity contribution is -0.448. The third-order valence-corrected chi connectivity index (χ3v) is 1.34. The van der Waals surface area contributed by atoms with E-state index in [1.54, 1.807) is 0 Å². The van der Waals surface area contributed by atoms with Crippen LogP contribution in [0.25, 0.3) is 0 Å². The fourth-order valence-electron chi connectivity index (χ4n) is 0.732. The van der Waals surface area contributed by atoms with E-state index in [0.29, 0.717) is 0 Å². The van der Waals surface area contributed by atoms with Crippen molar-refractivity contribution >= 4 is 0 Å². The van der Waals surface area contributed by atoms with Crippen molar-refractivity contribution in [1.82, 2.24) is 4.90 Å². The number of halogens is 9. The van der Waals surface area contributed by atoms with E-state index in [0.717, 1.165) is 0 Å². The molecule has 0 fully saturated rings. The summed E-state index contributed by atoms with van der Waals surface area (Å²) in [6, 6.07) is -5.94. The van der Waals surface area contributed by atoms with Gasteiger partial charge < -0.3 is 5.11 Å². The van der Waals surface area contributed by atoms with Crippen LogP contribution < -0.4 is 0 Å². The van der Waals surface area contributed by atoms with Gasteiger partial charge in [0.2, 0.25) is 6.17 Å². The highest BCUT2D eigenvalue weighted by Crippen LogP contribution is 2.43. The Morgan fingerprint density at radius 1 is 0.875 bits per heavy atom. The third-order valence-electron chi connectivity index (χ3n) is 1.34. The summed E-state index contributed by atoms with van der Waals surface area (Å²) in [5.41, 5.74) is 0. The fourth-order valence-corrected chi connectivity index (χ4v) is 0.732. The molecule has 0 saturated carbocycles. The van der Waals surface area contributed by atoms with Crippen LogP contribution in [-0.4, -0.2) is 41.4 Å². The standard InChI is InChI=1S/C5H4F9NO/c6-2(1-16)3(7,8)15(4(9,10)11)5(12,13)14/h2,16H,1H2. The van der Waals surface area contributed by atoms with Gasteiger partial charge in [-0.3, -0.25) is 0 Å². The lowest BCUT2D eigenvalue weighted by Gasteiger charge is -2.34. The topological polar surface area (TPSA) is 23.5 Å². The van der Waals surface area contributed by atoms with Crippen molar-refractivity contribution in [2.75, 3.05) is 6.61 Å². The smallest absolute Gasteiger partial charge is 0.393 e. The summed E-state index contributed by atoms with van der Waals surface area (Å²) in [7, 11) is 0. The first kappa shape index (κ1) is 15.3. The van der Waals surface area contributed by atoms with E-state index in [4.69, 9.17) is 5.11 Å². The van der Waals surface area contributed by atoms with Gasteiger partial charge in [-0.1, -0.05) is 4.90 Å². The van der Waals surface area contributed by atoms with Gasteiger partial charge >= 0.3 is 18.6 Å². The zero-order chi connectivity index (χ0) is 13.4. The van der Waals surface area contributed by atoms with Crippen molar-refractivity contribution in [2.45, 2.75) is 24.8 Å². The zero-order valence-corrected chi connectivity index (χ0v) is 7.08. The molecule has 0 saturated heterocycles. The van der Waals surface area contributed by atoms with Crippen LogP contribution in [-0.2, 0) is 0 Å². The fraction of sp³-hybridized carbons (Fsp3) is 1.00. The molecule has 16 heavy (non-hydrogen) atoms. The van der Waals surface area contributed by atoms with Crippen molar-refractivity contribution in [3.63, 3.8) is 0 Å². The molecule has 0 aromatic rings. The molecule has 11 heteroatoms. The highest BCUT2D eigenvalue weighted by molar-refractivity contribution is 4.81. The second kappa shape index (κ2) is 4.28. The minimum atomic E-state index is -6.53. The molecule has 0 aliphatic heterocycles. The normalized spacial score (nSPS) is 16.7. The second-order valence-electron chi connectivity index (χ2n) is 2.51. The van der Waals surface area contributed by atoms with Crippen molar-refractivity contribution in [3.8, 4) is 0 Å². The largest absolute Gasteiger partial charge is 0.472 e. The summed E-state index contributed by atoms with van der Waals surface area (Å²) in [6.07, 6.45) is -17.1. The summed E-state index contributed by atoms with van der Waals surface area (Å²) < 4.78 is 107. The Morgan fingerprint density at radius 2 is 1.19 bits per heavy atom. The average Bonchev–Trinajstić information content (AvgIpc) is 1.95. The maximum atomic E-state index is 12.4. The predicted octanol–water partition coefficient (Wildman–Crippen LogP) is 2.25. The number of alkyl halides is 9. The van der Waals surface area contributed by atoms with E-state index >= 15 is 0 Å². The van der Waals surface area contributed by atoms with Crippen molar-refractivity contribution in [1.29, 1.82) is 0 Å². The van der Waals surface area contributed by atoms with Crippen molar-refractivity contribution in [3.05, 3.63) is 0 Å². The Hall–Kier alpha value is -0.710. The van der Waals surface area contributed by atoms with Crippen LogP contribution in [0.15, 0.2) is 0 Å². The number of aliphatic hydroxyl groups is 1. The van der Waals surface area contributed by atoms with E-state index in [9.17, 15) is 39.5 Å². The summed E-state index contributed by atoms with van der Waals surface area (Å²) in [5, 5.41) is 7.83. The third kappa shape index (κ3) is 3.14. The Kier molecular flexibility index (Phi) is 4.09. The molecular weight excluding hydrogens is 261 g/mol. The van der Waals surface area contributed by atoms with Crippen LogP contribution in [0, 0.1) is 0 Å². The first-order chi connectivity index (χ1) is 6.85. The molecular formula is C5H4F9NO. The number of hydrogen-bond donors (Lipinski definition) is 1. The Labute approximate surface area is 82.2 Å². The van der Waals surface area contributed by atoms with Crippen molar-refractivity contribution in [2.24, 2.45) is 0 Å². The quantitative estimate of drug-likeness (QED) is 0.625. The molecule has 0 bridgehead atoms. The highest BCUT2D eigenvalue weighted by Gasteiger charge is 2.68. The number of nitrogens with zero attached hydrogens (tertiary/aromatic N) is 1. The van der Waals surface area contributed by atoms with Crippen LogP contribution in [0.2, 0.25) is 0 Å². The van der Waals surface area contributed by atoms with Gasteiger partial charge in [-0.2, -0.15) is 35.1 Å². The summed E-state index contributed by atoms with van der Waals surface area (Å²) >= 11 is 0. The molecule has 1 unspecified atom stereocenters. The van der Waals surface area contributed by atoms with Gasteiger partial charge in [0.05, 0.1) is 6.61 Å². The van der Waals surface area contributed by atoms with Crippen molar-refractivity contribution < 1.29 is 44.6 Å². The highest BCUT2D eigenvalue weighted by atomic mass is 19.4. The van der Waals surface area contributed by atoms with Gasteiger partial charge in [0.15, 0.2) is 0 Å². The monoisotopic (exact) mass is 265 g/mol. The lowest BCUT2D eigenvalue weighted by atomic mass is 10.3. The molecule has 0 amide bonds. The molecule has 1 atom stereocenters. The molecule has 1 N–H and O–H groups in total.